The molecule has 3 N–H and O–H groups in total. The van der Waals surface area contributed by atoms with Crippen LogP contribution in [0.25, 0.3) is 10.9 Å². The van der Waals surface area contributed by atoms with Crippen LogP contribution in [-0.4, -0.2) is 51.9 Å². The van der Waals surface area contributed by atoms with Crippen LogP contribution in [0.1, 0.15) is 70.3 Å². The van der Waals surface area contributed by atoms with Crippen molar-refractivity contribution in [3.05, 3.63) is 36.0 Å². The molecule has 1 aromatic heterocycles. The van der Waals surface area contributed by atoms with E-state index in [0.717, 1.165) is 48.6 Å². The molecule has 0 bridgehead atoms. The molecule has 0 spiro atoms. The number of rotatable bonds is 12. The molecule has 0 unspecified atom stereocenters. The quantitative estimate of drug-likeness (QED) is 0.445. The van der Waals surface area contributed by atoms with Crippen molar-refractivity contribution in [2.24, 2.45) is 5.92 Å². The van der Waals surface area contributed by atoms with Crippen LogP contribution in [0.4, 0.5) is 0 Å². The molecule has 1 atom stereocenters. The Morgan fingerprint density at radius 1 is 1.18 bits per heavy atom. The average Bonchev–Trinajstić information content (AvgIpc) is 3.22. The number of unbranched alkanes of at least 4 members (excludes halogenated alkanes) is 1. The Morgan fingerprint density at radius 2 is 1.94 bits per heavy atom. The first kappa shape index (κ1) is 24.8. The fourth-order valence-corrected chi connectivity index (χ4v) is 4.83. The number of nitrogens with zero attached hydrogens (tertiary/aromatic N) is 1. The van der Waals surface area contributed by atoms with Gasteiger partial charge in [-0.2, -0.15) is 0 Å². The van der Waals surface area contributed by atoms with Crippen molar-refractivity contribution in [3.8, 4) is 0 Å². The Balaban J connectivity index is 1.66. The maximum absolute atomic E-state index is 13.3. The minimum absolute atomic E-state index is 0.168. The summed E-state index contributed by atoms with van der Waals surface area (Å²) >= 11 is 0. The fourth-order valence-electron chi connectivity index (χ4n) is 4.83. The largest absolute Gasteiger partial charge is 0.480 e. The zero-order valence-corrected chi connectivity index (χ0v) is 19.6. The highest BCUT2D eigenvalue weighted by Gasteiger charge is 2.28. The van der Waals surface area contributed by atoms with Crippen LogP contribution >= 0.6 is 0 Å². The predicted octanol–water partition coefficient (Wildman–Crippen LogP) is 4.27. The number of aromatic amines is 1. The summed E-state index contributed by atoms with van der Waals surface area (Å²) in [6.07, 6.45) is 11.0. The van der Waals surface area contributed by atoms with Crippen molar-refractivity contribution in [2.75, 3.05) is 13.1 Å². The minimum atomic E-state index is -1.02. The van der Waals surface area contributed by atoms with E-state index < -0.39 is 12.0 Å². The van der Waals surface area contributed by atoms with Crippen molar-refractivity contribution in [1.82, 2.24) is 15.2 Å². The van der Waals surface area contributed by atoms with Gasteiger partial charge in [0.25, 0.3) is 0 Å². The van der Waals surface area contributed by atoms with Gasteiger partial charge in [0.05, 0.1) is 6.42 Å². The summed E-state index contributed by atoms with van der Waals surface area (Å²) in [4.78, 5) is 42.3. The molecule has 1 heterocycles. The Labute approximate surface area is 195 Å². The third kappa shape index (κ3) is 7.34. The van der Waals surface area contributed by atoms with Gasteiger partial charge in [0, 0.05) is 23.6 Å². The zero-order chi connectivity index (χ0) is 23.6. The molecule has 1 aromatic carbocycles. The van der Waals surface area contributed by atoms with Gasteiger partial charge < -0.3 is 20.3 Å². The van der Waals surface area contributed by atoms with Gasteiger partial charge in [0.2, 0.25) is 11.8 Å². The van der Waals surface area contributed by atoms with E-state index in [1.54, 1.807) is 0 Å². The molecule has 2 aromatic rings. The van der Waals surface area contributed by atoms with Crippen LogP contribution in [0.2, 0.25) is 0 Å². The van der Waals surface area contributed by atoms with Crippen LogP contribution < -0.4 is 5.32 Å². The molecule has 180 valence electrons. The van der Waals surface area contributed by atoms with Gasteiger partial charge in [0.15, 0.2) is 0 Å². The number of aliphatic carboxylic acids is 1. The molecule has 1 aliphatic carbocycles. The number of carboxylic acid groups (broad SMARTS) is 1. The Hall–Kier alpha value is -2.83. The zero-order valence-electron chi connectivity index (χ0n) is 19.6. The monoisotopic (exact) mass is 455 g/mol. The Kier molecular flexibility index (Phi) is 9.34. The smallest absolute Gasteiger partial charge is 0.323 e. The number of benzene rings is 1. The van der Waals surface area contributed by atoms with Gasteiger partial charge in [0.1, 0.15) is 12.6 Å². The second-order valence-electron chi connectivity index (χ2n) is 9.24. The van der Waals surface area contributed by atoms with Crippen LogP contribution in [-0.2, 0) is 20.8 Å². The van der Waals surface area contributed by atoms with Crippen LogP contribution in [0, 0.1) is 5.92 Å². The number of amides is 2. The first-order chi connectivity index (χ1) is 16.0. The molecule has 1 saturated carbocycles. The van der Waals surface area contributed by atoms with Crippen molar-refractivity contribution in [2.45, 2.75) is 77.2 Å². The standard InChI is InChI=1S/C26H37N3O4/c1-2-3-12-23(28-24(30)16-20-17-27-22-13-8-7-11-21(20)22)26(33)29(18-25(31)32)15-14-19-9-5-4-6-10-19/h7-8,11,13,17,19,23,27H,2-6,9-10,12,14-16,18H2,1H3,(H,28,30)(H,31,32)/t23-/m0/s1. The van der Waals surface area contributed by atoms with E-state index >= 15 is 0 Å². The lowest BCUT2D eigenvalue weighted by molar-refractivity contribution is -0.146. The van der Waals surface area contributed by atoms with E-state index in [2.05, 4.69) is 10.3 Å². The third-order valence-electron chi connectivity index (χ3n) is 6.68. The number of hydrogen-bond acceptors (Lipinski definition) is 3. The first-order valence-electron chi connectivity index (χ1n) is 12.3. The highest BCUT2D eigenvalue weighted by atomic mass is 16.4. The highest BCUT2D eigenvalue weighted by molar-refractivity contribution is 5.92. The lowest BCUT2D eigenvalue weighted by Crippen LogP contribution is -2.50. The molecule has 0 aliphatic heterocycles. The summed E-state index contributed by atoms with van der Waals surface area (Å²) in [6.45, 7) is 2.14. The van der Waals surface area contributed by atoms with E-state index in [-0.39, 0.29) is 24.8 Å². The molecule has 7 nitrogen and oxygen atoms in total. The first-order valence-corrected chi connectivity index (χ1v) is 12.3. The van der Waals surface area contributed by atoms with Crippen LogP contribution in [0.5, 0.6) is 0 Å². The SMILES string of the molecule is CCCC[C@H](NC(=O)Cc1c[nH]c2ccccc12)C(=O)N(CCC1CCCCC1)CC(=O)O. The number of nitrogens with one attached hydrogen (secondary N) is 2. The van der Waals surface area contributed by atoms with E-state index in [4.69, 9.17) is 0 Å². The van der Waals surface area contributed by atoms with Gasteiger partial charge in [-0.15, -0.1) is 0 Å². The predicted molar refractivity (Wildman–Crippen MR) is 129 cm³/mol. The Morgan fingerprint density at radius 3 is 2.67 bits per heavy atom. The molecule has 2 amide bonds. The number of carbonyl (C=O) groups is 3. The summed E-state index contributed by atoms with van der Waals surface area (Å²) in [7, 11) is 0. The van der Waals surface area contributed by atoms with Crippen molar-refractivity contribution < 1.29 is 19.5 Å². The topological polar surface area (TPSA) is 103 Å². The van der Waals surface area contributed by atoms with E-state index in [1.165, 1.54) is 24.2 Å². The summed E-state index contributed by atoms with van der Waals surface area (Å²) in [5, 5.41) is 13.3. The van der Waals surface area contributed by atoms with Gasteiger partial charge in [-0.25, -0.2) is 0 Å². The van der Waals surface area contributed by atoms with Crippen LogP contribution in [0.3, 0.4) is 0 Å². The van der Waals surface area contributed by atoms with E-state index in [0.29, 0.717) is 18.9 Å². The lowest BCUT2D eigenvalue weighted by Gasteiger charge is -2.29. The average molecular weight is 456 g/mol. The van der Waals surface area contributed by atoms with Gasteiger partial charge in [-0.05, 0) is 30.4 Å². The third-order valence-corrected chi connectivity index (χ3v) is 6.68. The molecular weight excluding hydrogens is 418 g/mol. The number of fused-ring (bicyclic) bond motifs is 1. The molecule has 1 fully saturated rings. The summed E-state index contributed by atoms with van der Waals surface area (Å²) in [5.74, 6) is -0.981. The number of hydrogen-bond donors (Lipinski definition) is 3. The molecule has 0 saturated heterocycles. The second kappa shape index (κ2) is 12.4. The van der Waals surface area contributed by atoms with Crippen molar-refractivity contribution in [3.63, 3.8) is 0 Å². The summed E-state index contributed by atoms with van der Waals surface area (Å²) in [6, 6.07) is 7.09. The number of aromatic nitrogens is 1. The number of carboxylic acids is 1. The molecule has 0 radical (unpaired) electrons. The van der Waals surface area contributed by atoms with E-state index in [9.17, 15) is 19.5 Å². The normalized spacial score (nSPS) is 15.3. The summed E-state index contributed by atoms with van der Waals surface area (Å²) < 4.78 is 0. The molecule has 7 heteroatoms. The van der Waals surface area contributed by atoms with Crippen molar-refractivity contribution >= 4 is 28.7 Å². The molecule has 3 rings (SSSR count). The summed E-state index contributed by atoms with van der Waals surface area (Å²) in [5.41, 5.74) is 1.85. The van der Waals surface area contributed by atoms with E-state index in [1.807, 2.05) is 37.4 Å². The molecule has 33 heavy (non-hydrogen) atoms. The fraction of sp³-hybridized carbons (Fsp3) is 0.577. The lowest BCUT2D eigenvalue weighted by atomic mass is 9.87. The van der Waals surface area contributed by atoms with Crippen LogP contribution in [0.15, 0.2) is 30.5 Å². The number of carbonyl (C=O) groups excluding carboxylic acids is 2. The van der Waals surface area contributed by atoms with Gasteiger partial charge >= 0.3 is 5.97 Å². The molecule has 1 aliphatic rings. The maximum atomic E-state index is 13.3. The number of para-hydroxylation sites is 1. The highest BCUT2D eigenvalue weighted by Crippen LogP contribution is 2.26. The van der Waals surface area contributed by atoms with Gasteiger partial charge in [-0.3, -0.25) is 14.4 Å². The number of H-pyrrole nitrogens is 1. The van der Waals surface area contributed by atoms with Crippen molar-refractivity contribution in [1.29, 1.82) is 0 Å². The second-order valence-corrected chi connectivity index (χ2v) is 9.24. The molecular formula is C26H37N3O4. The maximum Gasteiger partial charge on any atom is 0.323 e. The minimum Gasteiger partial charge on any atom is -0.480 e. The van der Waals surface area contributed by atoms with Gasteiger partial charge in [-0.1, -0.05) is 70.1 Å². The Bertz CT molecular complexity index is 933.